The Morgan fingerprint density at radius 2 is 0.938 bits per heavy atom. The Balaban J connectivity index is 1.08. The lowest BCUT2D eigenvalue weighted by Gasteiger charge is -2.28. The molecule has 2 aliphatic rings. The Labute approximate surface area is 391 Å². The van der Waals surface area contributed by atoms with E-state index in [4.69, 9.17) is 20.9 Å². The van der Waals surface area contributed by atoms with Gasteiger partial charge in [-0.05, 0) is 115 Å². The topological polar surface area (TPSA) is 145 Å². The lowest BCUT2D eigenvalue weighted by atomic mass is 9.80. The minimum absolute atomic E-state index is 0.162. The number of carbonyl (C=O) groups is 2. The van der Waals surface area contributed by atoms with Crippen LogP contribution in [-0.4, -0.2) is 47.2 Å². The first-order chi connectivity index (χ1) is 31.6. The summed E-state index contributed by atoms with van der Waals surface area (Å²) in [6.45, 7) is 5.94. The number of nitrogen functional groups attached to an aromatic ring is 2. The molecule has 65 heavy (non-hydrogen) atoms. The second kappa shape index (κ2) is 28.6. The van der Waals surface area contributed by atoms with Crippen molar-refractivity contribution in [2.45, 2.75) is 173 Å². The van der Waals surface area contributed by atoms with Gasteiger partial charge in [0.15, 0.2) is 11.6 Å². The number of hydrogen-bond donors (Lipinski definition) is 4. The number of carbonyl (C=O) groups excluding carboxylic acids is 2. The van der Waals surface area contributed by atoms with E-state index in [1.165, 1.54) is 166 Å². The first-order valence-electron chi connectivity index (χ1n) is 25.5. The first-order valence-corrected chi connectivity index (χ1v) is 25.5. The molecular weight excluding hydrogens is 809 g/mol. The van der Waals surface area contributed by atoms with Crippen LogP contribution >= 0.6 is 0 Å². The van der Waals surface area contributed by atoms with E-state index >= 15 is 0 Å². The number of ketones is 2. The quantitative estimate of drug-likeness (QED) is 0.0306. The van der Waals surface area contributed by atoms with Crippen LogP contribution in [0.15, 0.2) is 78.9 Å². The molecular formula is C57H82N2O6. The van der Waals surface area contributed by atoms with Crippen molar-refractivity contribution in [1.82, 2.24) is 0 Å². The van der Waals surface area contributed by atoms with E-state index in [0.29, 0.717) is 30.7 Å². The number of anilines is 2. The van der Waals surface area contributed by atoms with E-state index in [1.54, 1.807) is 18.2 Å². The Morgan fingerprint density at radius 3 is 1.34 bits per heavy atom. The molecule has 0 saturated heterocycles. The van der Waals surface area contributed by atoms with E-state index < -0.39 is 29.7 Å². The predicted molar refractivity (Wildman–Crippen MR) is 269 cm³/mol. The maximum Gasteiger partial charge on any atom is 0.184 e. The molecule has 2 saturated carbocycles. The van der Waals surface area contributed by atoms with Gasteiger partial charge in [0.25, 0.3) is 0 Å². The van der Waals surface area contributed by atoms with Crippen LogP contribution in [0.3, 0.4) is 0 Å². The molecule has 2 atom stereocenters. The van der Waals surface area contributed by atoms with E-state index in [1.807, 2.05) is 48.5 Å². The number of aliphatic hydroxyl groups excluding tert-OH is 2. The highest BCUT2D eigenvalue weighted by Crippen LogP contribution is 2.35. The Hall–Kier alpha value is -4.40. The molecule has 0 aliphatic heterocycles. The average Bonchev–Trinajstić information content (AvgIpc) is 3.32. The molecule has 8 nitrogen and oxygen atoms in total. The minimum atomic E-state index is -1.76. The van der Waals surface area contributed by atoms with Gasteiger partial charge in [-0.1, -0.05) is 172 Å². The fourth-order valence-electron chi connectivity index (χ4n) is 9.90. The van der Waals surface area contributed by atoms with E-state index in [0.717, 1.165) is 34.5 Å². The third-order valence-corrected chi connectivity index (χ3v) is 14.2. The van der Waals surface area contributed by atoms with E-state index in [9.17, 15) is 19.8 Å². The van der Waals surface area contributed by atoms with Gasteiger partial charge in [-0.2, -0.15) is 0 Å². The summed E-state index contributed by atoms with van der Waals surface area (Å²) in [5.41, 5.74) is 14.5. The normalized spacial score (nSPS) is 20.4. The molecule has 0 radical (unpaired) electrons. The molecule has 356 valence electrons. The van der Waals surface area contributed by atoms with Gasteiger partial charge in [0.1, 0.15) is 23.7 Å². The number of aliphatic hydroxyl groups is 2. The highest BCUT2D eigenvalue weighted by atomic mass is 16.5. The summed E-state index contributed by atoms with van der Waals surface area (Å²) in [6.07, 6.45) is 31.3. The number of benzene rings is 3. The number of rotatable bonds is 29. The van der Waals surface area contributed by atoms with Crippen LogP contribution < -0.4 is 20.9 Å². The summed E-state index contributed by atoms with van der Waals surface area (Å²) in [4.78, 5) is 27.0. The van der Waals surface area contributed by atoms with Crippen LogP contribution in [0.4, 0.5) is 11.4 Å². The van der Waals surface area contributed by atoms with Crippen LogP contribution in [-0.2, 0) is 9.59 Å². The van der Waals surface area contributed by atoms with Crippen LogP contribution in [0.1, 0.15) is 178 Å². The third kappa shape index (κ3) is 18.1. The van der Waals surface area contributed by atoms with Gasteiger partial charge in [-0.15, -0.1) is 0 Å². The van der Waals surface area contributed by atoms with Crippen molar-refractivity contribution in [2.24, 2.45) is 23.7 Å². The van der Waals surface area contributed by atoms with Crippen molar-refractivity contribution >= 4 is 35.1 Å². The summed E-state index contributed by atoms with van der Waals surface area (Å²) in [6, 6.07) is 19.6. The van der Waals surface area contributed by atoms with Gasteiger partial charge in [-0.25, -0.2) is 0 Å². The lowest BCUT2D eigenvalue weighted by Crippen LogP contribution is -2.39. The molecule has 5 rings (SSSR count). The smallest absolute Gasteiger partial charge is 0.184 e. The minimum Gasteiger partial charge on any atom is -0.493 e. The maximum atomic E-state index is 13.5. The zero-order valence-electron chi connectivity index (χ0n) is 39.9. The van der Waals surface area contributed by atoms with Gasteiger partial charge in [-0.3, -0.25) is 9.59 Å². The second-order valence-electron chi connectivity index (χ2n) is 19.4. The molecule has 0 amide bonds. The monoisotopic (exact) mass is 891 g/mol. The molecule has 0 spiro atoms. The number of nitrogens with two attached hydrogens (primary N) is 2. The van der Waals surface area contributed by atoms with Gasteiger partial charge in [0.05, 0.1) is 19.1 Å². The van der Waals surface area contributed by atoms with Crippen LogP contribution in [0.2, 0.25) is 0 Å². The van der Waals surface area contributed by atoms with E-state index in [2.05, 4.69) is 13.8 Å². The van der Waals surface area contributed by atoms with Crippen LogP contribution in [0.25, 0.3) is 12.2 Å². The summed E-state index contributed by atoms with van der Waals surface area (Å²) in [5, 5.41) is 22.9. The molecule has 0 heterocycles. The molecule has 0 bridgehead atoms. The number of hydrogen-bond acceptors (Lipinski definition) is 8. The summed E-state index contributed by atoms with van der Waals surface area (Å²) in [7, 11) is 0. The lowest BCUT2D eigenvalue weighted by molar-refractivity contribution is -0.130. The van der Waals surface area contributed by atoms with Crippen molar-refractivity contribution < 1.29 is 29.3 Å². The van der Waals surface area contributed by atoms with Gasteiger partial charge in [0.2, 0.25) is 0 Å². The molecule has 3 aromatic carbocycles. The zero-order valence-corrected chi connectivity index (χ0v) is 39.9. The van der Waals surface area contributed by atoms with Crippen molar-refractivity contribution in [3.8, 4) is 11.5 Å². The third-order valence-electron chi connectivity index (χ3n) is 14.2. The fourth-order valence-corrected chi connectivity index (χ4v) is 9.90. The standard InChI is InChI=1S/C57H82N2O6/c1-3-5-7-9-11-13-15-42-17-21-46(22-18-42)40-64-49-32-25-44(26-33-49)29-37-53(60)56(62)55(51-36-31-48(58)39-52(51)59)57(63)54(61)38-30-45-27-34-50(35-28-45)65-41-47-23-19-43(20-24-47)16-14-12-10-8-6-4-2/h25-39,42-43,46-47,55-57,62-63H,3-24,40-41,58-59H2,1-2H3/b37-29+,38-30+. The molecule has 6 N–H and O–H groups in total. The Morgan fingerprint density at radius 1 is 0.554 bits per heavy atom. The van der Waals surface area contributed by atoms with Gasteiger partial charge >= 0.3 is 0 Å². The summed E-state index contributed by atoms with van der Waals surface area (Å²) < 4.78 is 12.3. The predicted octanol–water partition coefficient (Wildman–Crippen LogP) is 13.1. The van der Waals surface area contributed by atoms with Crippen molar-refractivity contribution in [3.05, 3.63) is 95.6 Å². The molecule has 2 fully saturated rings. The van der Waals surface area contributed by atoms with Crippen LogP contribution in [0, 0.1) is 23.7 Å². The molecule has 2 aliphatic carbocycles. The Bertz CT molecular complexity index is 1760. The van der Waals surface area contributed by atoms with Crippen molar-refractivity contribution in [1.29, 1.82) is 0 Å². The van der Waals surface area contributed by atoms with Gasteiger partial charge in [0, 0.05) is 11.4 Å². The SMILES string of the molecule is CCCCCCCCC1CCC(COc2ccc(/C=C/C(=O)C(O)C(c3ccc(N)cc3N)C(O)C(=O)/C=C/c3ccc(OCC4CCC(CCCCCCCC)CC4)cc3)cc2)CC1. The molecule has 2 unspecified atom stereocenters. The number of unbranched alkanes of at least 4 members (excludes halogenated alkanes) is 10. The Kier molecular flexibility index (Phi) is 22.7. The highest BCUT2D eigenvalue weighted by Gasteiger charge is 2.37. The zero-order chi connectivity index (χ0) is 46.2. The van der Waals surface area contributed by atoms with Crippen molar-refractivity contribution in [2.75, 3.05) is 24.7 Å². The first kappa shape index (κ1) is 51.6. The van der Waals surface area contributed by atoms with E-state index in [-0.39, 0.29) is 11.3 Å². The second-order valence-corrected chi connectivity index (χ2v) is 19.4. The highest BCUT2D eigenvalue weighted by molar-refractivity contribution is 6.01. The fraction of sp³-hybridized carbons (Fsp3) is 0.579. The van der Waals surface area contributed by atoms with Crippen molar-refractivity contribution in [3.63, 3.8) is 0 Å². The van der Waals surface area contributed by atoms with Crippen LogP contribution in [0.5, 0.6) is 11.5 Å². The molecule has 0 aromatic heterocycles. The maximum absolute atomic E-state index is 13.5. The number of ether oxygens (including phenoxy) is 2. The molecule has 3 aromatic rings. The van der Waals surface area contributed by atoms with Gasteiger partial charge < -0.3 is 31.2 Å². The largest absolute Gasteiger partial charge is 0.493 e. The summed E-state index contributed by atoms with van der Waals surface area (Å²) in [5.74, 6) is 1.75. The summed E-state index contributed by atoms with van der Waals surface area (Å²) >= 11 is 0. The molecule has 8 heteroatoms. The average molecular weight is 891 g/mol.